The molecule has 4 heteroatoms. The summed E-state index contributed by atoms with van der Waals surface area (Å²) in [6.45, 7) is 7.85. The first kappa shape index (κ1) is 16.8. The molecule has 0 heterocycles. The van der Waals surface area contributed by atoms with Gasteiger partial charge >= 0.3 is 5.97 Å². The van der Waals surface area contributed by atoms with Crippen LogP contribution in [0.2, 0.25) is 0 Å². The molecule has 0 N–H and O–H groups in total. The quantitative estimate of drug-likeness (QED) is 0.440. The average Bonchev–Trinajstić information content (AvgIpc) is 2.41. The Balaban J connectivity index is 0.00000137. The van der Waals surface area contributed by atoms with Gasteiger partial charge < -0.3 is 4.74 Å². The fourth-order valence-corrected chi connectivity index (χ4v) is 2.07. The van der Waals surface area contributed by atoms with Crippen molar-refractivity contribution < 1.29 is 19.1 Å². The molecule has 0 bridgehead atoms. The molecule has 18 heavy (non-hydrogen) atoms. The van der Waals surface area contributed by atoms with E-state index in [1.165, 1.54) is 0 Å². The Bertz CT molecular complexity index is 296. The summed E-state index contributed by atoms with van der Waals surface area (Å²) in [6.07, 6.45) is 2.70. The lowest BCUT2D eigenvalue weighted by atomic mass is 9.77. The van der Waals surface area contributed by atoms with Gasteiger partial charge in [-0.15, -0.1) is 0 Å². The highest BCUT2D eigenvalue weighted by Crippen LogP contribution is 2.29. The number of rotatable bonds is 4. The molecular formula is C14H24O4. The van der Waals surface area contributed by atoms with Crippen molar-refractivity contribution in [2.75, 3.05) is 6.61 Å². The van der Waals surface area contributed by atoms with Crippen LogP contribution in [0.15, 0.2) is 0 Å². The van der Waals surface area contributed by atoms with Crippen LogP contribution in [0.4, 0.5) is 0 Å². The van der Waals surface area contributed by atoms with Crippen molar-refractivity contribution in [1.29, 1.82) is 0 Å². The van der Waals surface area contributed by atoms with E-state index in [-0.39, 0.29) is 12.4 Å². The topological polar surface area (TPSA) is 60.4 Å². The zero-order chi connectivity index (χ0) is 14.1. The smallest absolute Gasteiger partial charge is 0.375 e. The van der Waals surface area contributed by atoms with Crippen LogP contribution < -0.4 is 0 Å². The summed E-state index contributed by atoms with van der Waals surface area (Å²) in [5.74, 6) is -2.01. The van der Waals surface area contributed by atoms with E-state index in [1.54, 1.807) is 6.92 Å². The second-order valence-corrected chi connectivity index (χ2v) is 4.15. The molecule has 1 aliphatic carbocycles. The van der Waals surface area contributed by atoms with Gasteiger partial charge in [-0.1, -0.05) is 27.2 Å². The van der Waals surface area contributed by atoms with Crippen molar-refractivity contribution >= 4 is 17.5 Å². The van der Waals surface area contributed by atoms with Crippen LogP contribution >= 0.6 is 0 Å². The SMILES string of the molecule is CC.CCOC(=O)C(=O)C1CC(CC)CCC1=O. The maximum absolute atomic E-state index is 11.7. The molecule has 0 radical (unpaired) electrons. The van der Waals surface area contributed by atoms with Gasteiger partial charge in [0, 0.05) is 6.42 Å². The summed E-state index contributed by atoms with van der Waals surface area (Å²) in [6, 6.07) is 0. The van der Waals surface area contributed by atoms with E-state index >= 15 is 0 Å². The lowest BCUT2D eigenvalue weighted by Gasteiger charge is -2.25. The van der Waals surface area contributed by atoms with E-state index < -0.39 is 17.7 Å². The predicted molar refractivity (Wildman–Crippen MR) is 69.1 cm³/mol. The number of carbonyl (C=O) groups is 3. The minimum absolute atomic E-state index is 0.109. The Morgan fingerprint density at radius 2 is 1.89 bits per heavy atom. The molecule has 0 amide bonds. The predicted octanol–water partition coefficient (Wildman–Crippen LogP) is 2.54. The normalized spacial score (nSPS) is 22.8. The zero-order valence-corrected chi connectivity index (χ0v) is 11.8. The first-order valence-electron chi connectivity index (χ1n) is 6.83. The van der Waals surface area contributed by atoms with Crippen LogP contribution in [0.1, 0.15) is 53.4 Å². The third-order valence-corrected chi connectivity index (χ3v) is 3.13. The van der Waals surface area contributed by atoms with E-state index in [9.17, 15) is 14.4 Å². The van der Waals surface area contributed by atoms with Crippen LogP contribution in [0.3, 0.4) is 0 Å². The van der Waals surface area contributed by atoms with Gasteiger partial charge in [-0.2, -0.15) is 0 Å². The van der Waals surface area contributed by atoms with Gasteiger partial charge in [0.15, 0.2) is 0 Å². The number of ether oxygens (including phenoxy) is 1. The minimum Gasteiger partial charge on any atom is -0.460 e. The van der Waals surface area contributed by atoms with Crippen LogP contribution in [-0.2, 0) is 19.1 Å². The molecule has 4 nitrogen and oxygen atoms in total. The van der Waals surface area contributed by atoms with Crippen molar-refractivity contribution in [2.45, 2.75) is 53.4 Å². The van der Waals surface area contributed by atoms with E-state index in [0.29, 0.717) is 18.8 Å². The van der Waals surface area contributed by atoms with Crippen LogP contribution in [0.25, 0.3) is 0 Å². The Kier molecular flexibility index (Phi) is 8.25. The Morgan fingerprint density at radius 3 is 2.39 bits per heavy atom. The molecule has 0 aromatic rings. The molecule has 0 saturated heterocycles. The van der Waals surface area contributed by atoms with Gasteiger partial charge in [0.2, 0.25) is 5.78 Å². The summed E-state index contributed by atoms with van der Waals surface area (Å²) >= 11 is 0. The number of hydrogen-bond acceptors (Lipinski definition) is 4. The zero-order valence-electron chi connectivity index (χ0n) is 11.8. The fourth-order valence-electron chi connectivity index (χ4n) is 2.07. The molecule has 0 aliphatic heterocycles. The molecule has 0 aromatic heterocycles. The summed E-state index contributed by atoms with van der Waals surface area (Å²) in [5, 5.41) is 0. The fraction of sp³-hybridized carbons (Fsp3) is 0.786. The second kappa shape index (κ2) is 8.84. The maximum Gasteiger partial charge on any atom is 0.375 e. The molecule has 1 aliphatic rings. The summed E-state index contributed by atoms with van der Waals surface area (Å²) in [4.78, 5) is 34.5. The Morgan fingerprint density at radius 1 is 1.28 bits per heavy atom. The number of ketones is 2. The maximum atomic E-state index is 11.7. The van der Waals surface area contributed by atoms with Crippen molar-refractivity contribution in [3.8, 4) is 0 Å². The van der Waals surface area contributed by atoms with Gasteiger partial charge in [0.05, 0.1) is 12.5 Å². The summed E-state index contributed by atoms with van der Waals surface area (Å²) in [5.41, 5.74) is 0. The van der Waals surface area contributed by atoms with Gasteiger partial charge in [-0.05, 0) is 25.7 Å². The van der Waals surface area contributed by atoms with Crippen LogP contribution in [0.5, 0.6) is 0 Å². The Hall–Kier alpha value is -1.19. The van der Waals surface area contributed by atoms with Gasteiger partial charge in [-0.25, -0.2) is 4.79 Å². The standard InChI is InChI=1S/C12H18O4.C2H6/c1-3-8-5-6-10(13)9(7-8)11(14)12(15)16-4-2;1-2/h8-9H,3-7H2,1-2H3;1-2H3. The summed E-state index contributed by atoms with van der Waals surface area (Å²) < 4.78 is 4.63. The highest BCUT2D eigenvalue weighted by Gasteiger charge is 2.36. The molecule has 1 fully saturated rings. The number of carbonyl (C=O) groups excluding carboxylic acids is 3. The van der Waals surface area contributed by atoms with Crippen molar-refractivity contribution in [3.63, 3.8) is 0 Å². The monoisotopic (exact) mass is 256 g/mol. The number of esters is 1. The molecule has 1 rings (SSSR count). The molecular weight excluding hydrogens is 232 g/mol. The first-order chi connectivity index (χ1) is 8.60. The third-order valence-electron chi connectivity index (χ3n) is 3.13. The van der Waals surface area contributed by atoms with Crippen molar-refractivity contribution in [2.24, 2.45) is 11.8 Å². The second-order valence-electron chi connectivity index (χ2n) is 4.15. The molecule has 1 saturated carbocycles. The highest BCUT2D eigenvalue weighted by atomic mass is 16.5. The van der Waals surface area contributed by atoms with E-state index in [4.69, 9.17) is 0 Å². The largest absolute Gasteiger partial charge is 0.460 e. The van der Waals surface area contributed by atoms with Crippen molar-refractivity contribution in [1.82, 2.24) is 0 Å². The van der Waals surface area contributed by atoms with Crippen molar-refractivity contribution in [3.05, 3.63) is 0 Å². The molecule has 2 unspecified atom stereocenters. The number of hydrogen-bond donors (Lipinski definition) is 0. The lowest BCUT2D eigenvalue weighted by molar-refractivity contribution is -0.157. The van der Waals surface area contributed by atoms with Gasteiger partial charge in [-0.3, -0.25) is 9.59 Å². The number of Topliss-reactive ketones (excluding diaryl/α,β-unsaturated/α-hetero) is 2. The summed E-state index contributed by atoms with van der Waals surface area (Å²) in [7, 11) is 0. The third kappa shape index (κ3) is 4.59. The van der Waals surface area contributed by atoms with Gasteiger partial charge in [0.1, 0.15) is 5.78 Å². The van der Waals surface area contributed by atoms with E-state index in [2.05, 4.69) is 4.74 Å². The average molecular weight is 256 g/mol. The molecule has 2 atom stereocenters. The Labute approximate surface area is 109 Å². The highest BCUT2D eigenvalue weighted by molar-refractivity contribution is 6.38. The van der Waals surface area contributed by atoms with E-state index in [1.807, 2.05) is 20.8 Å². The van der Waals surface area contributed by atoms with Gasteiger partial charge in [0.25, 0.3) is 0 Å². The van der Waals surface area contributed by atoms with E-state index in [0.717, 1.165) is 12.8 Å². The van der Waals surface area contributed by atoms with Crippen LogP contribution in [0, 0.1) is 11.8 Å². The molecule has 104 valence electrons. The first-order valence-corrected chi connectivity index (χ1v) is 6.83. The molecule has 0 spiro atoms. The molecule has 0 aromatic carbocycles. The van der Waals surface area contributed by atoms with Crippen LogP contribution in [-0.4, -0.2) is 24.1 Å². The lowest BCUT2D eigenvalue weighted by Crippen LogP contribution is -2.36. The minimum atomic E-state index is -0.863.